The highest BCUT2D eigenvalue weighted by molar-refractivity contribution is 6.62. The smallest absolute Gasteiger partial charge is 0.399 e. The molecule has 7 heteroatoms. The first-order chi connectivity index (χ1) is 12.1. The summed E-state index contributed by atoms with van der Waals surface area (Å²) in [5.41, 5.74) is 7.70. The summed E-state index contributed by atoms with van der Waals surface area (Å²) in [7, 11) is -0.470. The topological polar surface area (TPSA) is 82.4 Å². The van der Waals surface area contributed by atoms with Crippen LogP contribution < -0.4 is 11.2 Å². The van der Waals surface area contributed by atoms with E-state index >= 15 is 0 Å². The van der Waals surface area contributed by atoms with E-state index in [2.05, 4.69) is 29.0 Å². The van der Waals surface area contributed by atoms with Crippen LogP contribution in [0.1, 0.15) is 40.2 Å². The highest BCUT2D eigenvalue weighted by atomic mass is 16.7. The number of nitrogens with one attached hydrogen (secondary N) is 1. The third-order valence-corrected chi connectivity index (χ3v) is 5.59. The van der Waals surface area contributed by atoms with Gasteiger partial charge in [0.15, 0.2) is 5.82 Å². The van der Waals surface area contributed by atoms with Crippen LogP contribution in [0.3, 0.4) is 0 Å². The number of ether oxygens (including phenoxy) is 1. The number of hydrogen-bond donors (Lipinski definition) is 2. The summed E-state index contributed by atoms with van der Waals surface area (Å²) in [6.45, 7) is 11.6. The second-order valence-electron chi connectivity index (χ2n) is 8.49. The average Bonchev–Trinajstić information content (AvgIpc) is 3.00. The van der Waals surface area contributed by atoms with Crippen LogP contribution in [0, 0.1) is 17.3 Å². The second kappa shape index (κ2) is 5.49. The standard InChI is InChI=1S/C19H24BN3O3/c1-17(2)18(3,4)26-20(25-17)13-8-12(6-7-19(5)10-24-11-19)15-14(9-13)16(21)23-22-15/h8-9H,10-11H2,1-5H3,(H3,21,22,23). The molecule has 2 aliphatic rings. The van der Waals surface area contributed by atoms with Gasteiger partial charge in [-0.2, -0.15) is 5.10 Å². The van der Waals surface area contributed by atoms with E-state index in [1.807, 2.05) is 39.8 Å². The van der Waals surface area contributed by atoms with Gasteiger partial charge in [-0.05, 0) is 52.2 Å². The maximum atomic E-state index is 6.19. The molecule has 2 aromatic rings. The lowest BCUT2D eigenvalue weighted by Gasteiger charge is -2.32. The number of anilines is 1. The van der Waals surface area contributed by atoms with Gasteiger partial charge in [-0.25, -0.2) is 0 Å². The summed E-state index contributed by atoms with van der Waals surface area (Å²) in [5.74, 6) is 7.04. The molecule has 1 aromatic carbocycles. The van der Waals surface area contributed by atoms with Crippen molar-refractivity contribution in [3.05, 3.63) is 17.7 Å². The zero-order valence-corrected chi connectivity index (χ0v) is 15.9. The number of aromatic nitrogens is 2. The monoisotopic (exact) mass is 353 g/mol. The van der Waals surface area contributed by atoms with Crippen molar-refractivity contribution >= 4 is 29.3 Å². The van der Waals surface area contributed by atoms with Crippen molar-refractivity contribution in [2.45, 2.75) is 45.8 Å². The van der Waals surface area contributed by atoms with E-state index in [-0.39, 0.29) is 5.41 Å². The van der Waals surface area contributed by atoms with Gasteiger partial charge < -0.3 is 19.8 Å². The Morgan fingerprint density at radius 3 is 2.35 bits per heavy atom. The van der Waals surface area contributed by atoms with Crippen LogP contribution in [-0.2, 0) is 14.0 Å². The quantitative estimate of drug-likeness (QED) is 0.604. The van der Waals surface area contributed by atoms with Crippen LogP contribution in [0.15, 0.2) is 12.1 Å². The van der Waals surface area contributed by atoms with Gasteiger partial charge >= 0.3 is 7.12 Å². The number of aromatic amines is 1. The average molecular weight is 353 g/mol. The minimum atomic E-state index is -0.470. The van der Waals surface area contributed by atoms with Crippen molar-refractivity contribution < 1.29 is 14.0 Å². The zero-order valence-electron chi connectivity index (χ0n) is 15.9. The highest BCUT2D eigenvalue weighted by Gasteiger charge is 2.51. The van der Waals surface area contributed by atoms with E-state index in [0.717, 1.165) is 21.9 Å². The summed E-state index contributed by atoms with van der Waals surface area (Å²) in [4.78, 5) is 0. The summed E-state index contributed by atoms with van der Waals surface area (Å²) in [5, 5.41) is 7.96. The molecule has 2 aliphatic heterocycles. The van der Waals surface area contributed by atoms with Gasteiger partial charge in [-0.15, -0.1) is 0 Å². The van der Waals surface area contributed by atoms with E-state index in [0.29, 0.717) is 19.0 Å². The molecule has 0 bridgehead atoms. The lowest BCUT2D eigenvalue weighted by Crippen LogP contribution is -2.41. The van der Waals surface area contributed by atoms with E-state index in [1.54, 1.807) is 0 Å². The number of nitrogens with two attached hydrogens (primary N) is 1. The van der Waals surface area contributed by atoms with E-state index < -0.39 is 18.3 Å². The number of fused-ring (bicyclic) bond motifs is 1. The zero-order chi connectivity index (χ0) is 18.7. The summed E-state index contributed by atoms with van der Waals surface area (Å²) < 4.78 is 17.7. The predicted molar refractivity (Wildman–Crippen MR) is 102 cm³/mol. The molecule has 4 rings (SSSR count). The number of rotatable bonds is 1. The molecule has 0 amide bonds. The molecular formula is C19H24BN3O3. The first kappa shape index (κ1) is 17.4. The van der Waals surface area contributed by atoms with Crippen LogP contribution in [0.25, 0.3) is 10.9 Å². The van der Waals surface area contributed by atoms with Gasteiger partial charge in [-0.1, -0.05) is 11.8 Å². The van der Waals surface area contributed by atoms with E-state index in [9.17, 15) is 0 Å². The second-order valence-corrected chi connectivity index (χ2v) is 8.49. The molecule has 0 atom stereocenters. The SMILES string of the molecule is CC1(C#Cc2cc(B3OC(C)(C)C(C)(C)O3)cc3c(N)n[nH]c23)COC1. The normalized spacial score (nSPS) is 22.7. The van der Waals surface area contributed by atoms with Crippen LogP contribution in [-0.4, -0.2) is 41.7 Å². The Morgan fingerprint density at radius 1 is 1.12 bits per heavy atom. The number of benzene rings is 1. The molecular weight excluding hydrogens is 329 g/mol. The maximum Gasteiger partial charge on any atom is 0.494 e. The Hall–Kier alpha value is -2.01. The molecule has 1 aromatic heterocycles. The highest BCUT2D eigenvalue weighted by Crippen LogP contribution is 2.37. The van der Waals surface area contributed by atoms with Gasteiger partial charge in [0, 0.05) is 10.9 Å². The number of hydrogen-bond acceptors (Lipinski definition) is 5. The predicted octanol–water partition coefficient (Wildman–Crippen LogP) is 1.83. The van der Waals surface area contributed by atoms with Gasteiger partial charge in [-0.3, -0.25) is 5.10 Å². The fourth-order valence-corrected chi connectivity index (χ4v) is 3.08. The molecule has 0 radical (unpaired) electrons. The molecule has 0 saturated carbocycles. The Morgan fingerprint density at radius 2 is 1.77 bits per heavy atom. The van der Waals surface area contributed by atoms with Crippen LogP contribution in [0.4, 0.5) is 5.82 Å². The molecule has 3 heterocycles. The number of nitrogen functional groups attached to an aromatic ring is 1. The number of nitrogens with zero attached hydrogens (tertiary/aromatic N) is 1. The molecule has 26 heavy (non-hydrogen) atoms. The van der Waals surface area contributed by atoms with Crippen LogP contribution in [0.2, 0.25) is 0 Å². The van der Waals surface area contributed by atoms with E-state index in [4.69, 9.17) is 19.8 Å². The van der Waals surface area contributed by atoms with Crippen molar-refractivity contribution in [1.82, 2.24) is 10.2 Å². The van der Waals surface area contributed by atoms with Gasteiger partial charge in [0.25, 0.3) is 0 Å². The van der Waals surface area contributed by atoms with Crippen LogP contribution in [0.5, 0.6) is 0 Å². The molecule has 0 unspecified atom stereocenters. The molecule has 2 fully saturated rings. The van der Waals surface area contributed by atoms with Crippen molar-refractivity contribution in [2.24, 2.45) is 5.41 Å². The number of H-pyrrole nitrogens is 1. The van der Waals surface area contributed by atoms with Gasteiger partial charge in [0.2, 0.25) is 0 Å². The minimum absolute atomic E-state index is 0.0990. The summed E-state index contributed by atoms with van der Waals surface area (Å²) in [6.07, 6.45) is 0. The van der Waals surface area contributed by atoms with Crippen LogP contribution >= 0.6 is 0 Å². The molecule has 3 N–H and O–H groups in total. The molecule has 2 saturated heterocycles. The molecule has 6 nitrogen and oxygen atoms in total. The fourth-order valence-electron chi connectivity index (χ4n) is 3.08. The van der Waals surface area contributed by atoms with Gasteiger partial charge in [0.05, 0.1) is 35.3 Å². The minimum Gasteiger partial charge on any atom is -0.399 e. The van der Waals surface area contributed by atoms with Crippen molar-refractivity contribution in [2.75, 3.05) is 18.9 Å². The van der Waals surface area contributed by atoms with Crippen molar-refractivity contribution in [1.29, 1.82) is 0 Å². The Kier molecular flexibility index (Phi) is 3.68. The largest absolute Gasteiger partial charge is 0.494 e. The first-order valence-electron chi connectivity index (χ1n) is 8.84. The third kappa shape index (κ3) is 2.69. The lowest BCUT2D eigenvalue weighted by molar-refractivity contribution is -0.0648. The molecule has 136 valence electrons. The van der Waals surface area contributed by atoms with Crippen molar-refractivity contribution in [3.63, 3.8) is 0 Å². The molecule has 0 spiro atoms. The first-order valence-corrected chi connectivity index (χ1v) is 8.84. The third-order valence-electron chi connectivity index (χ3n) is 5.59. The Labute approximate surface area is 153 Å². The van der Waals surface area contributed by atoms with Gasteiger partial charge in [0.1, 0.15) is 0 Å². The Balaban J connectivity index is 1.78. The van der Waals surface area contributed by atoms with E-state index in [1.165, 1.54) is 0 Å². The van der Waals surface area contributed by atoms with Crippen molar-refractivity contribution in [3.8, 4) is 11.8 Å². The molecule has 0 aliphatic carbocycles. The summed E-state index contributed by atoms with van der Waals surface area (Å²) in [6, 6.07) is 3.97. The summed E-state index contributed by atoms with van der Waals surface area (Å²) >= 11 is 0. The lowest BCUT2D eigenvalue weighted by atomic mass is 9.77. The fraction of sp³-hybridized carbons (Fsp3) is 0.526. The maximum absolute atomic E-state index is 6.19. The Bertz CT molecular complexity index is 919.